The molecule has 1 aromatic carbocycles. The fourth-order valence-electron chi connectivity index (χ4n) is 2.03. The van der Waals surface area contributed by atoms with E-state index in [1.165, 1.54) is 18.2 Å². The van der Waals surface area contributed by atoms with Crippen molar-refractivity contribution in [3.63, 3.8) is 0 Å². The SMILES string of the molecule is CC(C(=O)Nc1cc(N)ccc1F)N1CCNC(=O)C1. The molecule has 1 atom stereocenters. The van der Waals surface area contributed by atoms with Gasteiger partial charge >= 0.3 is 0 Å². The average Bonchev–Trinajstić information content (AvgIpc) is 2.42. The molecule has 1 fully saturated rings. The summed E-state index contributed by atoms with van der Waals surface area (Å²) in [6.07, 6.45) is 0. The molecule has 1 unspecified atom stereocenters. The first-order chi connectivity index (χ1) is 9.47. The molecule has 1 heterocycles. The minimum Gasteiger partial charge on any atom is -0.399 e. The summed E-state index contributed by atoms with van der Waals surface area (Å²) in [5.41, 5.74) is 5.97. The normalized spacial score (nSPS) is 17.4. The Morgan fingerprint density at radius 3 is 3.00 bits per heavy atom. The largest absolute Gasteiger partial charge is 0.399 e. The van der Waals surface area contributed by atoms with Gasteiger partial charge in [-0.1, -0.05) is 0 Å². The van der Waals surface area contributed by atoms with E-state index in [0.717, 1.165) is 0 Å². The summed E-state index contributed by atoms with van der Waals surface area (Å²) in [7, 11) is 0. The first kappa shape index (κ1) is 14.3. The molecule has 0 radical (unpaired) electrons. The third-order valence-electron chi connectivity index (χ3n) is 3.24. The summed E-state index contributed by atoms with van der Waals surface area (Å²) in [6, 6.07) is 3.46. The fourth-order valence-corrected chi connectivity index (χ4v) is 2.03. The predicted octanol–water partition coefficient (Wildman–Crippen LogP) is 0.167. The number of nitrogens with one attached hydrogen (secondary N) is 2. The van der Waals surface area contributed by atoms with Gasteiger partial charge in [0.05, 0.1) is 18.3 Å². The number of piperazine rings is 1. The Morgan fingerprint density at radius 1 is 1.55 bits per heavy atom. The van der Waals surface area contributed by atoms with Crippen LogP contribution in [0.2, 0.25) is 0 Å². The van der Waals surface area contributed by atoms with Gasteiger partial charge in [0, 0.05) is 18.8 Å². The van der Waals surface area contributed by atoms with Crippen LogP contribution in [0.4, 0.5) is 15.8 Å². The summed E-state index contributed by atoms with van der Waals surface area (Å²) in [6.45, 7) is 2.93. The van der Waals surface area contributed by atoms with Crippen molar-refractivity contribution in [1.82, 2.24) is 10.2 Å². The van der Waals surface area contributed by atoms with E-state index in [4.69, 9.17) is 5.73 Å². The molecule has 1 aromatic rings. The number of carbonyl (C=O) groups excluding carboxylic acids is 2. The standard InChI is InChI=1S/C13H17FN4O2/c1-8(18-5-4-16-12(19)7-18)13(20)17-11-6-9(15)2-3-10(11)14/h2-3,6,8H,4-5,7,15H2,1H3,(H,16,19)(H,17,20). The number of hydrogen-bond acceptors (Lipinski definition) is 4. The molecule has 1 aliphatic rings. The van der Waals surface area contributed by atoms with Gasteiger partial charge in [-0.25, -0.2) is 4.39 Å². The first-order valence-corrected chi connectivity index (χ1v) is 6.34. The van der Waals surface area contributed by atoms with Crippen LogP contribution in [0.15, 0.2) is 18.2 Å². The van der Waals surface area contributed by atoms with E-state index in [-0.39, 0.29) is 24.0 Å². The van der Waals surface area contributed by atoms with Gasteiger partial charge in [-0.15, -0.1) is 0 Å². The lowest BCUT2D eigenvalue weighted by Gasteiger charge is -2.31. The van der Waals surface area contributed by atoms with Crippen LogP contribution in [-0.4, -0.2) is 42.4 Å². The summed E-state index contributed by atoms with van der Waals surface area (Å²) in [5.74, 6) is -1.04. The van der Waals surface area contributed by atoms with Gasteiger partial charge in [0.25, 0.3) is 0 Å². The topological polar surface area (TPSA) is 87.5 Å². The van der Waals surface area contributed by atoms with Crippen LogP contribution in [0, 0.1) is 5.82 Å². The Morgan fingerprint density at radius 2 is 2.30 bits per heavy atom. The number of carbonyl (C=O) groups is 2. The van der Waals surface area contributed by atoms with Crippen molar-refractivity contribution in [3.8, 4) is 0 Å². The second kappa shape index (κ2) is 5.87. The lowest BCUT2D eigenvalue weighted by molar-refractivity contribution is -0.127. The van der Waals surface area contributed by atoms with Gasteiger partial charge < -0.3 is 16.4 Å². The highest BCUT2D eigenvalue weighted by molar-refractivity contribution is 5.95. The molecular weight excluding hydrogens is 263 g/mol. The Bertz CT molecular complexity index is 535. The summed E-state index contributed by atoms with van der Waals surface area (Å²) in [5, 5.41) is 5.18. The number of anilines is 2. The Hall–Kier alpha value is -2.15. The van der Waals surface area contributed by atoms with Crippen molar-refractivity contribution >= 4 is 23.2 Å². The summed E-state index contributed by atoms with van der Waals surface area (Å²) >= 11 is 0. The highest BCUT2D eigenvalue weighted by Gasteiger charge is 2.26. The predicted molar refractivity (Wildman–Crippen MR) is 73.5 cm³/mol. The molecule has 7 heteroatoms. The number of rotatable bonds is 3. The monoisotopic (exact) mass is 280 g/mol. The number of hydrogen-bond donors (Lipinski definition) is 3. The highest BCUT2D eigenvalue weighted by Crippen LogP contribution is 2.18. The van der Waals surface area contributed by atoms with Crippen LogP contribution in [0.3, 0.4) is 0 Å². The number of halogens is 1. The number of benzene rings is 1. The van der Waals surface area contributed by atoms with Crippen molar-refractivity contribution < 1.29 is 14.0 Å². The molecule has 0 saturated carbocycles. The summed E-state index contributed by atoms with van der Waals surface area (Å²) < 4.78 is 13.5. The van der Waals surface area contributed by atoms with Crippen LogP contribution in [0.5, 0.6) is 0 Å². The average molecular weight is 280 g/mol. The molecule has 0 aliphatic carbocycles. The van der Waals surface area contributed by atoms with Crippen LogP contribution < -0.4 is 16.4 Å². The summed E-state index contributed by atoms with van der Waals surface area (Å²) in [4.78, 5) is 25.1. The van der Waals surface area contributed by atoms with Crippen molar-refractivity contribution in [2.24, 2.45) is 0 Å². The maximum Gasteiger partial charge on any atom is 0.241 e. The van der Waals surface area contributed by atoms with E-state index in [0.29, 0.717) is 18.8 Å². The second-order valence-corrected chi connectivity index (χ2v) is 4.72. The zero-order valence-corrected chi connectivity index (χ0v) is 11.1. The number of nitrogens with zero attached hydrogens (tertiary/aromatic N) is 1. The van der Waals surface area contributed by atoms with Crippen LogP contribution in [0.1, 0.15) is 6.92 Å². The lowest BCUT2D eigenvalue weighted by Crippen LogP contribution is -2.53. The van der Waals surface area contributed by atoms with E-state index in [9.17, 15) is 14.0 Å². The lowest BCUT2D eigenvalue weighted by atomic mass is 10.2. The van der Waals surface area contributed by atoms with Crippen molar-refractivity contribution in [2.75, 3.05) is 30.7 Å². The minimum absolute atomic E-state index is 0.0447. The number of nitrogen functional groups attached to an aromatic ring is 1. The van der Waals surface area contributed by atoms with E-state index >= 15 is 0 Å². The smallest absolute Gasteiger partial charge is 0.241 e. The van der Waals surface area contributed by atoms with E-state index in [2.05, 4.69) is 10.6 Å². The van der Waals surface area contributed by atoms with E-state index in [1.54, 1.807) is 11.8 Å². The minimum atomic E-state index is -0.545. The molecule has 2 amide bonds. The van der Waals surface area contributed by atoms with E-state index in [1.807, 2.05) is 0 Å². The van der Waals surface area contributed by atoms with Crippen LogP contribution in [-0.2, 0) is 9.59 Å². The van der Waals surface area contributed by atoms with Gasteiger partial charge in [0.2, 0.25) is 11.8 Å². The Kier molecular flexibility index (Phi) is 4.19. The highest BCUT2D eigenvalue weighted by atomic mass is 19.1. The number of nitrogens with two attached hydrogens (primary N) is 1. The van der Waals surface area contributed by atoms with Crippen molar-refractivity contribution in [1.29, 1.82) is 0 Å². The molecule has 2 rings (SSSR count). The fraction of sp³-hybridized carbons (Fsp3) is 0.385. The third kappa shape index (κ3) is 3.24. The molecule has 1 saturated heterocycles. The van der Waals surface area contributed by atoms with Gasteiger partial charge in [0.15, 0.2) is 0 Å². The molecule has 1 aliphatic heterocycles. The van der Waals surface area contributed by atoms with E-state index < -0.39 is 11.9 Å². The van der Waals surface area contributed by atoms with Gasteiger partial charge in [-0.05, 0) is 25.1 Å². The molecule has 6 nitrogen and oxygen atoms in total. The molecule has 0 spiro atoms. The quantitative estimate of drug-likeness (QED) is 0.689. The van der Waals surface area contributed by atoms with Gasteiger partial charge in [0.1, 0.15) is 5.82 Å². The molecule has 108 valence electrons. The molecule has 20 heavy (non-hydrogen) atoms. The zero-order valence-electron chi connectivity index (χ0n) is 11.1. The van der Waals surface area contributed by atoms with Crippen molar-refractivity contribution in [3.05, 3.63) is 24.0 Å². The Labute approximate surface area is 116 Å². The van der Waals surface area contributed by atoms with Gasteiger partial charge in [-0.2, -0.15) is 0 Å². The van der Waals surface area contributed by atoms with Gasteiger partial charge in [-0.3, -0.25) is 14.5 Å². The first-order valence-electron chi connectivity index (χ1n) is 6.34. The Balaban J connectivity index is 2.03. The van der Waals surface area contributed by atoms with Crippen LogP contribution in [0.25, 0.3) is 0 Å². The molecular formula is C13H17FN4O2. The van der Waals surface area contributed by atoms with Crippen LogP contribution >= 0.6 is 0 Å². The molecule has 0 bridgehead atoms. The second-order valence-electron chi connectivity index (χ2n) is 4.72. The third-order valence-corrected chi connectivity index (χ3v) is 3.24. The maximum atomic E-state index is 13.5. The zero-order chi connectivity index (χ0) is 14.7. The maximum absolute atomic E-state index is 13.5. The number of amides is 2. The molecule has 4 N–H and O–H groups in total. The molecule has 0 aromatic heterocycles. The van der Waals surface area contributed by atoms with Crippen molar-refractivity contribution in [2.45, 2.75) is 13.0 Å².